The number of aryl methyl sites for hydroxylation is 2. The van der Waals surface area contributed by atoms with Crippen molar-refractivity contribution in [1.29, 1.82) is 0 Å². The van der Waals surface area contributed by atoms with Crippen molar-refractivity contribution in [3.8, 4) is 11.3 Å². The van der Waals surface area contributed by atoms with E-state index in [1.807, 2.05) is 42.5 Å². The molecule has 2 heterocycles. The van der Waals surface area contributed by atoms with E-state index in [4.69, 9.17) is 0 Å². The Balaban J connectivity index is 1.34. The highest BCUT2D eigenvalue weighted by molar-refractivity contribution is 6.05. The van der Waals surface area contributed by atoms with Crippen LogP contribution >= 0.6 is 0 Å². The number of amides is 2. The molecule has 0 aliphatic carbocycles. The van der Waals surface area contributed by atoms with Crippen LogP contribution in [0.1, 0.15) is 35.1 Å². The maximum Gasteiger partial charge on any atom is 0.255 e. The number of carbonyl (C=O) groups is 2. The quantitative estimate of drug-likeness (QED) is 0.396. The Hall–Kier alpha value is -4.39. The van der Waals surface area contributed by atoms with E-state index in [-0.39, 0.29) is 11.8 Å². The molecule has 4 rings (SSSR count). The van der Waals surface area contributed by atoms with Crippen LogP contribution in [-0.4, -0.2) is 26.8 Å². The van der Waals surface area contributed by atoms with Crippen LogP contribution in [0.25, 0.3) is 11.3 Å². The van der Waals surface area contributed by atoms with Gasteiger partial charge in [0.05, 0.1) is 5.69 Å². The van der Waals surface area contributed by atoms with Gasteiger partial charge in [-0.05, 0) is 60.5 Å². The standard InChI is InChI=1S/C27H25N5O2/c1-2-26(33)30-23-7-3-5-20(17-23)27(34)31-22-11-8-19(9-12-22)10-13-25-29-16-14-24(32-25)21-6-4-15-28-18-21/h3-9,11-12,14-18H,2,10,13H2,1H3,(H,30,33)(H,31,34). The molecule has 0 bridgehead atoms. The third-order valence-electron chi connectivity index (χ3n) is 5.24. The number of aromatic nitrogens is 3. The van der Waals surface area contributed by atoms with Crippen LogP contribution in [0.2, 0.25) is 0 Å². The number of benzene rings is 2. The van der Waals surface area contributed by atoms with Crippen LogP contribution < -0.4 is 10.6 Å². The minimum absolute atomic E-state index is 0.0950. The highest BCUT2D eigenvalue weighted by Crippen LogP contribution is 2.17. The van der Waals surface area contributed by atoms with E-state index in [0.29, 0.717) is 29.8 Å². The maximum absolute atomic E-state index is 12.6. The normalized spacial score (nSPS) is 10.5. The Kier molecular flexibility index (Phi) is 7.35. The number of carbonyl (C=O) groups excluding carboxylic acids is 2. The van der Waals surface area contributed by atoms with Gasteiger partial charge in [0.1, 0.15) is 5.82 Å². The molecule has 4 aromatic rings. The molecule has 0 fully saturated rings. The Bertz CT molecular complexity index is 1270. The van der Waals surface area contributed by atoms with Gasteiger partial charge in [0, 0.05) is 53.9 Å². The fraction of sp³-hybridized carbons (Fsp3) is 0.148. The smallest absolute Gasteiger partial charge is 0.255 e. The van der Waals surface area contributed by atoms with Crippen molar-refractivity contribution in [3.63, 3.8) is 0 Å². The van der Waals surface area contributed by atoms with Crippen molar-refractivity contribution in [3.05, 3.63) is 102 Å². The van der Waals surface area contributed by atoms with Gasteiger partial charge < -0.3 is 10.6 Å². The summed E-state index contributed by atoms with van der Waals surface area (Å²) in [6, 6.07) is 20.3. The van der Waals surface area contributed by atoms with Crippen LogP contribution in [0.4, 0.5) is 11.4 Å². The highest BCUT2D eigenvalue weighted by atomic mass is 16.2. The van der Waals surface area contributed by atoms with E-state index in [1.54, 1.807) is 49.8 Å². The monoisotopic (exact) mass is 451 g/mol. The van der Waals surface area contributed by atoms with Gasteiger partial charge in [-0.25, -0.2) is 9.97 Å². The minimum atomic E-state index is -0.235. The molecule has 0 aliphatic heterocycles. The predicted octanol–water partition coefficient (Wildman–Crippen LogP) is 4.92. The van der Waals surface area contributed by atoms with E-state index in [2.05, 4.69) is 25.6 Å². The predicted molar refractivity (Wildman–Crippen MR) is 132 cm³/mol. The number of hydrogen-bond donors (Lipinski definition) is 2. The van der Waals surface area contributed by atoms with Crippen LogP contribution in [0.3, 0.4) is 0 Å². The lowest BCUT2D eigenvalue weighted by molar-refractivity contribution is -0.115. The summed E-state index contributed by atoms with van der Waals surface area (Å²) in [6.07, 6.45) is 7.16. The zero-order valence-electron chi connectivity index (χ0n) is 18.9. The molecule has 2 N–H and O–H groups in total. The average molecular weight is 452 g/mol. The first-order chi connectivity index (χ1) is 16.6. The number of hydrogen-bond acceptors (Lipinski definition) is 5. The van der Waals surface area contributed by atoms with Gasteiger partial charge in [0.15, 0.2) is 0 Å². The van der Waals surface area contributed by atoms with Crippen LogP contribution in [0, 0.1) is 0 Å². The Morgan fingerprint density at radius 1 is 0.853 bits per heavy atom. The second-order valence-corrected chi connectivity index (χ2v) is 7.73. The first kappa shape index (κ1) is 22.8. The summed E-state index contributed by atoms with van der Waals surface area (Å²) >= 11 is 0. The van der Waals surface area contributed by atoms with Gasteiger partial charge in [-0.2, -0.15) is 0 Å². The molecule has 0 saturated carbocycles. The molecule has 0 saturated heterocycles. The van der Waals surface area contributed by atoms with Crippen molar-refractivity contribution < 1.29 is 9.59 Å². The molecule has 0 aliphatic rings. The lowest BCUT2D eigenvalue weighted by Crippen LogP contribution is -2.14. The number of nitrogens with zero attached hydrogens (tertiary/aromatic N) is 3. The molecule has 2 aromatic heterocycles. The molecule has 2 amide bonds. The number of rotatable bonds is 8. The second kappa shape index (κ2) is 11.0. The second-order valence-electron chi connectivity index (χ2n) is 7.73. The Labute approximate surface area is 198 Å². The largest absolute Gasteiger partial charge is 0.326 e. The molecule has 7 nitrogen and oxygen atoms in total. The van der Waals surface area contributed by atoms with E-state index >= 15 is 0 Å². The van der Waals surface area contributed by atoms with Gasteiger partial charge in [-0.1, -0.05) is 25.1 Å². The third-order valence-corrected chi connectivity index (χ3v) is 5.24. The zero-order chi connectivity index (χ0) is 23.8. The van der Waals surface area contributed by atoms with Gasteiger partial charge >= 0.3 is 0 Å². The van der Waals surface area contributed by atoms with Gasteiger partial charge in [0.25, 0.3) is 5.91 Å². The summed E-state index contributed by atoms with van der Waals surface area (Å²) < 4.78 is 0. The van der Waals surface area contributed by atoms with Crippen LogP contribution in [0.5, 0.6) is 0 Å². The SMILES string of the molecule is CCC(=O)Nc1cccc(C(=O)Nc2ccc(CCc3nccc(-c4cccnc4)n3)cc2)c1. The minimum Gasteiger partial charge on any atom is -0.326 e. The molecule has 0 radical (unpaired) electrons. The van der Waals surface area contributed by atoms with E-state index in [9.17, 15) is 9.59 Å². The molecule has 7 heteroatoms. The van der Waals surface area contributed by atoms with E-state index < -0.39 is 0 Å². The number of anilines is 2. The van der Waals surface area contributed by atoms with Crippen molar-refractivity contribution in [2.24, 2.45) is 0 Å². The highest BCUT2D eigenvalue weighted by Gasteiger charge is 2.09. The Morgan fingerprint density at radius 2 is 1.71 bits per heavy atom. The van der Waals surface area contributed by atoms with E-state index in [1.165, 1.54) is 0 Å². The summed E-state index contributed by atoms with van der Waals surface area (Å²) in [4.78, 5) is 37.4. The maximum atomic E-state index is 12.6. The van der Waals surface area contributed by atoms with Crippen molar-refractivity contribution in [2.75, 3.05) is 10.6 Å². The topological polar surface area (TPSA) is 96.9 Å². The molecule has 2 aromatic carbocycles. The van der Waals surface area contributed by atoms with Crippen molar-refractivity contribution in [1.82, 2.24) is 15.0 Å². The van der Waals surface area contributed by atoms with Crippen LogP contribution in [0.15, 0.2) is 85.3 Å². The summed E-state index contributed by atoms with van der Waals surface area (Å²) in [6.45, 7) is 1.78. The summed E-state index contributed by atoms with van der Waals surface area (Å²) in [5.41, 5.74) is 4.72. The molecule has 0 unspecified atom stereocenters. The van der Waals surface area contributed by atoms with Crippen molar-refractivity contribution in [2.45, 2.75) is 26.2 Å². The fourth-order valence-electron chi connectivity index (χ4n) is 3.40. The summed E-state index contributed by atoms with van der Waals surface area (Å²) in [5, 5.41) is 5.66. The lowest BCUT2D eigenvalue weighted by Gasteiger charge is -2.09. The van der Waals surface area contributed by atoms with Crippen molar-refractivity contribution >= 4 is 23.2 Å². The van der Waals surface area contributed by atoms with Gasteiger partial charge in [-0.3, -0.25) is 14.6 Å². The molecular formula is C27H25N5O2. The molecule has 0 spiro atoms. The van der Waals surface area contributed by atoms with Gasteiger partial charge in [-0.15, -0.1) is 0 Å². The first-order valence-corrected chi connectivity index (χ1v) is 11.1. The molecule has 34 heavy (non-hydrogen) atoms. The number of nitrogens with one attached hydrogen (secondary N) is 2. The lowest BCUT2D eigenvalue weighted by atomic mass is 10.1. The number of pyridine rings is 1. The first-order valence-electron chi connectivity index (χ1n) is 11.1. The molecule has 170 valence electrons. The Morgan fingerprint density at radius 3 is 2.47 bits per heavy atom. The fourth-order valence-corrected chi connectivity index (χ4v) is 3.40. The zero-order valence-corrected chi connectivity index (χ0v) is 18.9. The molecular weight excluding hydrogens is 426 g/mol. The van der Waals surface area contributed by atoms with Crippen LogP contribution in [-0.2, 0) is 17.6 Å². The summed E-state index contributed by atoms with van der Waals surface area (Å²) in [5.74, 6) is 0.442. The van der Waals surface area contributed by atoms with E-state index in [0.717, 1.165) is 29.1 Å². The third kappa shape index (κ3) is 6.10. The molecule has 0 atom stereocenters. The summed E-state index contributed by atoms with van der Waals surface area (Å²) in [7, 11) is 0. The average Bonchev–Trinajstić information content (AvgIpc) is 2.89. The van der Waals surface area contributed by atoms with Gasteiger partial charge in [0.2, 0.25) is 5.91 Å².